The molecule has 0 aliphatic heterocycles. The summed E-state index contributed by atoms with van der Waals surface area (Å²) in [5, 5.41) is 3.27. The molecular formula is C17H11BrCl2F3N3O. The third-order valence-corrected chi connectivity index (χ3v) is 4.77. The summed E-state index contributed by atoms with van der Waals surface area (Å²) < 4.78 is 41.1. The number of alkyl halides is 4. The Morgan fingerprint density at radius 3 is 2.37 bits per heavy atom. The Kier molecular flexibility index (Phi) is 5.69. The maximum absolute atomic E-state index is 13.4. The van der Waals surface area contributed by atoms with Gasteiger partial charge < -0.3 is 9.88 Å². The summed E-state index contributed by atoms with van der Waals surface area (Å²) in [6, 6.07) is 9.07. The minimum absolute atomic E-state index is 0.0118. The van der Waals surface area contributed by atoms with E-state index in [-0.39, 0.29) is 38.9 Å². The van der Waals surface area contributed by atoms with Gasteiger partial charge in [-0.3, -0.25) is 4.79 Å². The fraction of sp³-hybridized carbons (Fsp3) is 0.176. The molecule has 0 saturated carbocycles. The van der Waals surface area contributed by atoms with Crippen LogP contribution >= 0.6 is 39.1 Å². The molecule has 0 atom stereocenters. The van der Waals surface area contributed by atoms with Crippen molar-refractivity contribution in [1.82, 2.24) is 9.55 Å². The van der Waals surface area contributed by atoms with E-state index in [1.54, 1.807) is 6.07 Å². The fourth-order valence-electron chi connectivity index (χ4n) is 2.66. The third kappa shape index (κ3) is 3.93. The monoisotopic (exact) mass is 479 g/mol. The molecule has 0 bridgehead atoms. The number of amides is 1. The fourth-order valence-corrected chi connectivity index (χ4v) is 3.50. The zero-order chi connectivity index (χ0) is 19.8. The lowest BCUT2D eigenvalue weighted by Crippen LogP contribution is -2.15. The first-order chi connectivity index (χ1) is 12.7. The predicted octanol–water partition coefficient (Wildman–Crippen LogP) is 6.01. The van der Waals surface area contributed by atoms with Gasteiger partial charge in [0.1, 0.15) is 5.52 Å². The quantitative estimate of drug-likeness (QED) is 0.465. The maximum atomic E-state index is 13.4. The van der Waals surface area contributed by atoms with Gasteiger partial charge in [0.05, 0.1) is 26.8 Å². The predicted molar refractivity (Wildman–Crippen MR) is 103 cm³/mol. The lowest BCUT2D eigenvalue weighted by atomic mass is 10.1. The second-order valence-corrected chi connectivity index (χ2v) is 7.11. The van der Waals surface area contributed by atoms with Gasteiger partial charge in [0.2, 0.25) is 5.82 Å². The maximum Gasteiger partial charge on any atom is 0.449 e. The number of aryl methyl sites for hydroxylation is 1. The number of rotatable bonds is 4. The molecule has 0 fully saturated rings. The Labute approximate surface area is 170 Å². The van der Waals surface area contributed by atoms with Crippen LogP contribution in [0.15, 0.2) is 36.4 Å². The largest absolute Gasteiger partial charge is 0.449 e. The number of nitrogens with one attached hydrogen (secondary N) is 1. The summed E-state index contributed by atoms with van der Waals surface area (Å²) in [4.78, 5) is 16.4. The Morgan fingerprint density at radius 2 is 1.78 bits per heavy atom. The standard InChI is InChI=1S/C17H11BrCl2F3N3O/c18-7-8-26-12-6-1-3-9(13(12)25-16(26)17(21,22)23)15(27)24-14-10(19)4-2-5-11(14)20/h1-6H,7-8H2,(H,24,27). The topological polar surface area (TPSA) is 46.9 Å². The van der Waals surface area contributed by atoms with Gasteiger partial charge in [0, 0.05) is 11.9 Å². The normalized spacial score (nSPS) is 11.8. The van der Waals surface area contributed by atoms with Gasteiger partial charge in [0.15, 0.2) is 0 Å². The molecule has 142 valence electrons. The van der Waals surface area contributed by atoms with Gasteiger partial charge in [-0.05, 0) is 24.3 Å². The van der Waals surface area contributed by atoms with Crippen LogP contribution in [0.2, 0.25) is 10.0 Å². The van der Waals surface area contributed by atoms with Crippen LogP contribution in [0.3, 0.4) is 0 Å². The van der Waals surface area contributed by atoms with Crippen LogP contribution in [-0.2, 0) is 12.7 Å². The number of hydrogen-bond donors (Lipinski definition) is 1. The number of imidazole rings is 1. The number of aromatic nitrogens is 2. The Hall–Kier alpha value is -1.77. The van der Waals surface area contributed by atoms with Crippen molar-refractivity contribution < 1.29 is 18.0 Å². The molecule has 0 radical (unpaired) electrons. The minimum atomic E-state index is -4.65. The zero-order valence-electron chi connectivity index (χ0n) is 13.4. The number of benzene rings is 2. The van der Waals surface area contributed by atoms with Crippen molar-refractivity contribution in [2.45, 2.75) is 12.7 Å². The second-order valence-electron chi connectivity index (χ2n) is 5.50. The molecule has 1 aromatic heterocycles. The van der Waals surface area contributed by atoms with Crippen molar-refractivity contribution in [2.75, 3.05) is 10.6 Å². The number of nitrogens with zero attached hydrogens (tertiary/aromatic N) is 2. The number of carbonyl (C=O) groups is 1. The molecule has 0 unspecified atom stereocenters. The second kappa shape index (κ2) is 7.69. The van der Waals surface area contributed by atoms with Gasteiger partial charge in [-0.1, -0.05) is 51.3 Å². The van der Waals surface area contributed by atoms with Gasteiger partial charge >= 0.3 is 6.18 Å². The van der Waals surface area contributed by atoms with Crippen LogP contribution < -0.4 is 5.32 Å². The van der Waals surface area contributed by atoms with E-state index in [2.05, 4.69) is 26.2 Å². The van der Waals surface area contributed by atoms with Crippen LogP contribution in [0, 0.1) is 0 Å². The molecule has 27 heavy (non-hydrogen) atoms. The molecule has 0 spiro atoms. The van der Waals surface area contributed by atoms with Crippen molar-refractivity contribution in [3.63, 3.8) is 0 Å². The summed E-state index contributed by atoms with van der Waals surface area (Å²) in [6.07, 6.45) is -4.65. The third-order valence-electron chi connectivity index (χ3n) is 3.79. The van der Waals surface area contributed by atoms with Crippen LogP contribution in [0.4, 0.5) is 18.9 Å². The van der Waals surface area contributed by atoms with Crippen LogP contribution in [0.5, 0.6) is 0 Å². The van der Waals surface area contributed by atoms with E-state index in [4.69, 9.17) is 23.2 Å². The van der Waals surface area contributed by atoms with E-state index in [1.807, 2.05) is 0 Å². The summed E-state index contributed by atoms with van der Waals surface area (Å²) in [6.45, 7) is 0.0484. The van der Waals surface area contributed by atoms with Crippen molar-refractivity contribution >= 4 is 61.8 Å². The van der Waals surface area contributed by atoms with E-state index >= 15 is 0 Å². The minimum Gasteiger partial charge on any atom is -0.319 e. The first kappa shape index (κ1) is 20.0. The van der Waals surface area contributed by atoms with Gasteiger partial charge in [0.25, 0.3) is 5.91 Å². The highest BCUT2D eigenvalue weighted by molar-refractivity contribution is 9.09. The molecule has 3 aromatic rings. The molecule has 0 aliphatic rings. The number of para-hydroxylation sites is 2. The molecule has 1 heterocycles. The number of carbonyl (C=O) groups excluding carboxylic acids is 1. The Morgan fingerprint density at radius 1 is 1.15 bits per heavy atom. The van der Waals surface area contributed by atoms with E-state index in [9.17, 15) is 18.0 Å². The first-order valence-corrected chi connectivity index (χ1v) is 9.49. The van der Waals surface area contributed by atoms with E-state index in [0.717, 1.165) is 4.57 Å². The first-order valence-electron chi connectivity index (χ1n) is 7.61. The molecule has 2 aromatic carbocycles. The molecular weight excluding hydrogens is 470 g/mol. The van der Waals surface area contributed by atoms with Crippen molar-refractivity contribution in [2.24, 2.45) is 0 Å². The van der Waals surface area contributed by atoms with Crippen LogP contribution in [0.25, 0.3) is 11.0 Å². The van der Waals surface area contributed by atoms with Crippen LogP contribution in [-0.4, -0.2) is 20.8 Å². The Bertz CT molecular complexity index is 1000. The highest BCUT2D eigenvalue weighted by Gasteiger charge is 2.38. The summed E-state index contributed by atoms with van der Waals surface area (Å²) in [5.41, 5.74) is 0.326. The van der Waals surface area contributed by atoms with E-state index in [1.165, 1.54) is 30.3 Å². The summed E-state index contributed by atoms with van der Waals surface area (Å²) >= 11 is 15.2. The van der Waals surface area contributed by atoms with Gasteiger partial charge in [-0.2, -0.15) is 13.2 Å². The van der Waals surface area contributed by atoms with Gasteiger partial charge in [-0.15, -0.1) is 0 Å². The highest BCUT2D eigenvalue weighted by atomic mass is 79.9. The smallest absolute Gasteiger partial charge is 0.319 e. The Balaban J connectivity index is 2.11. The SMILES string of the molecule is O=C(Nc1c(Cl)cccc1Cl)c1cccc2c1nc(C(F)(F)F)n2CCBr. The van der Waals surface area contributed by atoms with Crippen LogP contribution in [0.1, 0.15) is 16.2 Å². The molecule has 1 amide bonds. The van der Waals surface area contributed by atoms with Crippen molar-refractivity contribution in [1.29, 1.82) is 0 Å². The average molecular weight is 481 g/mol. The van der Waals surface area contributed by atoms with Crippen molar-refractivity contribution in [3.8, 4) is 0 Å². The lowest BCUT2D eigenvalue weighted by molar-refractivity contribution is -0.146. The van der Waals surface area contributed by atoms with Gasteiger partial charge in [-0.25, -0.2) is 4.98 Å². The number of halogens is 6. The molecule has 1 N–H and O–H groups in total. The highest BCUT2D eigenvalue weighted by Crippen LogP contribution is 2.34. The molecule has 0 saturated heterocycles. The average Bonchev–Trinajstić information content (AvgIpc) is 2.97. The zero-order valence-corrected chi connectivity index (χ0v) is 16.5. The summed E-state index contributed by atoms with van der Waals surface area (Å²) in [5.74, 6) is -1.72. The van der Waals surface area contributed by atoms with Crippen molar-refractivity contribution in [3.05, 3.63) is 57.8 Å². The number of anilines is 1. The molecule has 10 heteroatoms. The lowest BCUT2D eigenvalue weighted by Gasteiger charge is -2.10. The number of hydrogen-bond acceptors (Lipinski definition) is 2. The molecule has 4 nitrogen and oxygen atoms in total. The van der Waals surface area contributed by atoms with E-state index in [0.29, 0.717) is 5.33 Å². The van der Waals surface area contributed by atoms with E-state index < -0.39 is 17.9 Å². The molecule has 3 rings (SSSR count). The molecule has 0 aliphatic carbocycles. The summed E-state index contributed by atoms with van der Waals surface area (Å²) in [7, 11) is 0. The number of fused-ring (bicyclic) bond motifs is 1.